The van der Waals surface area contributed by atoms with E-state index in [4.69, 9.17) is 14.6 Å². The Labute approximate surface area is 81.1 Å². The van der Waals surface area contributed by atoms with E-state index >= 15 is 0 Å². The van der Waals surface area contributed by atoms with Crippen LogP contribution in [0.5, 0.6) is 0 Å². The third kappa shape index (κ3) is 2.58. The Morgan fingerprint density at radius 1 is 1.43 bits per heavy atom. The number of rotatable bonds is 0. The normalized spacial score (nSPS) is 12.2. The fourth-order valence-corrected chi connectivity index (χ4v) is 1.07. The predicted octanol–water partition coefficient (Wildman–Crippen LogP) is 1.45. The molecule has 1 aromatic carbocycles. The van der Waals surface area contributed by atoms with E-state index in [1.807, 2.05) is 18.2 Å². The van der Waals surface area contributed by atoms with Crippen molar-refractivity contribution in [2.24, 2.45) is 0 Å². The number of cyclic esters (lactones) is 1. The third-order valence-electron chi connectivity index (χ3n) is 1.60. The average molecular weight is 194 g/mol. The highest BCUT2D eigenvalue weighted by atomic mass is 16.5. The van der Waals surface area contributed by atoms with Crippen molar-refractivity contribution in [2.45, 2.75) is 13.5 Å². The van der Waals surface area contributed by atoms with Gasteiger partial charge < -0.3 is 9.84 Å². The van der Waals surface area contributed by atoms with Crippen molar-refractivity contribution in [3.05, 3.63) is 35.4 Å². The van der Waals surface area contributed by atoms with E-state index in [0.29, 0.717) is 12.2 Å². The second-order valence-corrected chi connectivity index (χ2v) is 2.75. The van der Waals surface area contributed by atoms with E-state index < -0.39 is 5.97 Å². The molecule has 1 heterocycles. The molecule has 1 aromatic rings. The van der Waals surface area contributed by atoms with Crippen molar-refractivity contribution in [2.75, 3.05) is 0 Å². The van der Waals surface area contributed by atoms with E-state index in [9.17, 15) is 4.79 Å². The van der Waals surface area contributed by atoms with Crippen LogP contribution in [0.4, 0.5) is 0 Å². The van der Waals surface area contributed by atoms with Crippen LogP contribution < -0.4 is 0 Å². The number of carbonyl (C=O) groups is 2. The summed E-state index contributed by atoms with van der Waals surface area (Å²) in [5.41, 5.74) is 1.70. The zero-order chi connectivity index (χ0) is 10.6. The van der Waals surface area contributed by atoms with E-state index in [1.54, 1.807) is 6.07 Å². The van der Waals surface area contributed by atoms with Gasteiger partial charge in [0.25, 0.3) is 5.97 Å². The maximum absolute atomic E-state index is 10.8. The van der Waals surface area contributed by atoms with Gasteiger partial charge in [-0.3, -0.25) is 4.79 Å². The number of hydrogen-bond donors (Lipinski definition) is 1. The lowest BCUT2D eigenvalue weighted by molar-refractivity contribution is -0.134. The number of esters is 1. The number of carboxylic acids is 1. The Kier molecular flexibility index (Phi) is 3.23. The number of carboxylic acid groups (broad SMARTS) is 1. The molecule has 4 heteroatoms. The monoisotopic (exact) mass is 194 g/mol. The predicted molar refractivity (Wildman–Crippen MR) is 48.9 cm³/mol. The molecule has 1 aliphatic rings. The zero-order valence-electron chi connectivity index (χ0n) is 7.69. The molecule has 1 N–H and O–H groups in total. The van der Waals surface area contributed by atoms with Crippen LogP contribution in [-0.2, 0) is 16.1 Å². The van der Waals surface area contributed by atoms with Crippen molar-refractivity contribution < 1.29 is 19.4 Å². The van der Waals surface area contributed by atoms with Crippen LogP contribution in [0.3, 0.4) is 0 Å². The van der Waals surface area contributed by atoms with Crippen molar-refractivity contribution in [1.29, 1.82) is 0 Å². The van der Waals surface area contributed by atoms with Crippen LogP contribution in [0.25, 0.3) is 0 Å². The van der Waals surface area contributed by atoms with Gasteiger partial charge in [-0.25, -0.2) is 4.79 Å². The first kappa shape index (κ1) is 10.2. The minimum Gasteiger partial charge on any atom is -0.481 e. The van der Waals surface area contributed by atoms with Gasteiger partial charge in [0.1, 0.15) is 6.61 Å². The molecular weight excluding hydrogens is 184 g/mol. The fourth-order valence-electron chi connectivity index (χ4n) is 1.07. The van der Waals surface area contributed by atoms with Crippen LogP contribution >= 0.6 is 0 Å². The van der Waals surface area contributed by atoms with Crippen LogP contribution in [0.15, 0.2) is 24.3 Å². The number of carbonyl (C=O) groups excluding carboxylic acids is 1. The Balaban J connectivity index is 0.000000213. The first-order valence-corrected chi connectivity index (χ1v) is 4.06. The molecule has 0 saturated carbocycles. The van der Waals surface area contributed by atoms with Crippen molar-refractivity contribution in [1.82, 2.24) is 0 Å². The maximum Gasteiger partial charge on any atom is 0.338 e. The molecule has 74 valence electrons. The van der Waals surface area contributed by atoms with Crippen LogP contribution in [0, 0.1) is 0 Å². The van der Waals surface area contributed by atoms with Crippen LogP contribution in [0.2, 0.25) is 0 Å². The molecule has 0 aliphatic carbocycles. The molecule has 0 amide bonds. The van der Waals surface area contributed by atoms with Gasteiger partial charge in [0, 0.05) is 12.5 Å². The van der Waals surface area contributed by atoms with E-state index in [-0.39, 0.29) is 5.97 Å². The first-order chi connectivity index (χ1) is 6.61. The highest BCUT2D eigenvalue weighted by Crippen LogP contribution is 2.17. The highest BCUT2D eigenvalue weighted by molar-refractivity contribution is 5.93. The van der Waals surface area contributed by atoms with Gasteiger partial charge in [-0.05, 0) is 6.07 Å². The summed E-state index contributed by atoms with van der Waals surface area (Å²) < 4.78 is 4.78. The molecule has 0 aromatic heterocycles. The number of ether oxygens (including phenoxy) is 1. The molecule has 0 unspecified atom stereocenters. The molecule has 2 rings (SSSR count). The van der Waals surface area contributed by atoms with Crippen LogP contribution in [-0.4, -0.2) is 17.0 Å². The van der Waals surface area contributed by atoms with E-state index in [1.165, 1.54) is 0 Å². The molecule has 0 saturated heterocycles. The Hall–Kier alpha value is -1.84. The molecule has 0 atom stereocenters. The van der Waals surface area contributed by atoms with Crippen molar-refractivity contribution in [3.63, 3.8) is 0 Å². The Morgan fingerprint density at radius 2 is 2.00 bits per heavy atom. The fraction of sp³-hybridized carbons (Fsp3) is 0.200. The molecular formula is C10H10O4. The largest absolute Gasteiger partial charge is 0.481 e. The standard InChI is InChI=1S/C8H6O2.C2H4O2/c9-8-7-4-2-1-3-6(7)5-10-8;1-2(3)4/h1-4H,5H2;1H3,(H,3,4). The van der Waals surface area contributed by atoms with Gasteiger partial charge in [0.15, 0.2) is 0 Å². The summed E-state index contributed by atoms with van der Waals surface area (Å²) in [4.78, 5) is 19.8. The quantitative estimate of drug-likeness (QED) is 0.635. The lowest BCUT2D eigenvalue weighted by Crippen LogP contribution is -1.91. The molecule has 4 nitrogen and oxygen atoms in total. The molecule has 0 radical (unpaired) electrons. The number of hydrogen-bond acceptors (Lipinski definition) is 3. The Morgan fingerprint density at radius 3 is 2.57 bits per heavy atom. The lowest BCUT2D eigenvalue weighted by atomic mass is 10.1. The summed E-state index contributed by atoms with van der Waals surface area (Å²) in [5.74, 6) is -1.03. The number of benzene rings is 1. The molecule has 0 fully saturated rings. The van der Waals surface area contributed by atoms with Gasteiger partial charge >= 0.3 is 5.97 Å². The average Bonchev–Trinajstić information content (AvgIpc) is 2.48. The van der Waals surface area contributed by atoms with E-state index in [2.05, 4.69) is 0 Å². The second-order valence-electron chi connectivity index (χ2n) is 2.75. The summed E-state index contributed by atoms with van der Waals surface area (Å²) in [6, 6.07) is 7.43. The minimum atomic E-state index is -0.833. The summed E-state index contributed by atoms with van der Waals surface area (Å²) in [6.45, 7) is 1.52. The van der Waals surface area contributed by atoms with Gasteiger partial charge in [0.2, 0.25) is 0 Å². The van der Waals surface area contributed by atoms with Gasteiger partial charge in [0.05, 0.1) is 5.56 Å². The highest BCUT2D eigenvalue weighted by Gasteiger charge is 2.18. The van der Waals surface area contributed by atoms with Crippen molar-refractivity contribution >= 4 is 11.9 Å². The van der Waals surface area contributed by atoms with Gasteiger partial charge in [-0.1, -0.05) is 18.2 Å². The first-order valence-electron chi connectivity index (χ1n) is 4.06. The van der Waals surface area contributed by atoms with Crippen molar-refractivity contribution in [3.8, 4) is 0 Å². The van der Waals surface area contributed by atoms with Gasteiger partial charge in [-0.2, -0.15) is 0 Å². The van der Waals surface area contributed by atoms with Crippen LogP contribution in [0.1, 0.15) is 22.8 Å². The lowest BCUT2D eigenvalue weighted by Gasteiger charge is -1.87. The summed E-state index contributed by atoms with van der Waals surface area (Å²) in [6.07, 6.45) is 0. The summed E-state index contributed by atoms with van der Waals surface area (Å²) in [7, 11) is 0. The molecule has 1 aliphatic heterocycles. The number of fused-ring (bicyclic) bond motifs is 1. The smallest absolute Gasteiger partial charge is 0.338 e. The summed E-state index contributed by atoms with van der Waals surface area (Å²) >= 11 is 0. The number of aliphatic carboxylic acids is 1. The van der Waals surface area contributed by atoms with E-state index in [0.717, 1.165) is 12.5 Å². The molecule has 14 heavy (non-hydrogen) atoms. The topological polar surface area (TPSA) is 63.6 Å². The van der Waals surface area contributed by atoms with Gasteiger partial charge in [-0.15, -0.1) is 0 Å². The molecule has 0 bridgehead atoms. The summed E-state index contributed by atoms with van der Waals surface area (Å²) in [5, 5.41) is 7.42. The maximum atomic E-state index is 10.8. The Bertz CT molecular complexity index is 353. The second kappa shape index (κ2) is 4.41. The zero-order valence-corrected chi connectivity index (χ0v) is 7.69. The SMILES string of the molecule is CC(=O)O.O=C1OCc2ccccc21. The molecule has 0 spiro atoms. The third-order valence-corrected chi connectivity index (χ3v) is 1.60. The minimum absolute atomic E-state index is 0.199.